The van der Waals surface area contributed by atoms with Gasteiger partial charge in [-0.2, -0.15) is 0 Å². The molecule has 0 radical (unpaired) electrons. The van der Waals surface area contributed by atoms with Gasteiger partial charge in [-0.3, -0.25) is 0 Å². The van der Waals surface area contributed by atoms with Gasteiger partial charge in [0.2, 0.25) is 0 Å². The van der Waals surface area contributed by atoms with Crippen molar-refractivity contribution >= 4 is 28.4 Å². The number of piperidine rings is 1. The van der Waals surface area contributed by atoms with E-state index in [9.17, 15) is 0 Å². The zero-order valence-electron chi connectivity index (χ0n) is 15.0. The largest absolute Gasteiger partial charge is 0.371 e. The smallest absolute Gasteiger partial charge is 0.0937 e. The number of hydrogen-bond acceptors (Lipinski definition) is 6. The molecule has 0 saturated carbocycles. The Kier molecular flexibility index (Phi) is 5.62. The van der Waals surface area contributed by atoms with Gasteiger partial charge in [0.25, 0.3) is 0 Å². The highest BCUT2D eigenvalue weighted by molar-refractivity contribution is 7.10. The van der Waals surface area contributed by atoms with Crippen LogP contribution < -0.4 is 10.2 Å². The van der Waals surface area contributed by atoms with Crippen LogP contribution >= 0.6 is 22.7 Å². The van der Waals surface area contributed by atoms with Crippen LogP contribution in [0, 0.1) is 6.92 Å². The minimum atomic E-state index is 0.621. The summed E-state index contributed by atoms with van der Waals surface area (Å²) in [6.45, 7) is 5.30. The fourth-order valence-corrected chi connectivity index (χ4v) is 4.70. The van der Waals surface area contributed by atoms with Crippen molar-refractivity contribution in [1.29, 1.82) is 0 Å². The maximum Gasteiger partial charge on any atom is 0.0937 e. The summed E-state index contributed by atoms with van der Waals surface area (Å²) in [4.78, 5) is 11.5. The number of aromatic nitrogens is 2. The molecule has 6 heteroatoms. The summed E-state index contributed by atoms with van der Waals surface area (Å²) in [5.74, 6) is 0. The Morgan fingerprint density at radius 2 is 2.12 bits per heavy atom. The predicted molar refractivity (Wildman–Crippen MR) is 111 cm³/mol. The molecule has 0 atom stereocenters. The third-order valence-corrected chi connectivity index (χ3v) is 6.49. The van der Waals surface area contributed by atoms with Gasteiger partial charge in [-0.05, 0) is 31.9 Å². The monoisotopic (exact) mass is 384 g/mol. The van der Waals surface area contributed by atoms with E-state index >= 15 is 0 Å². The van der Waals surface area contributed by atoms with Crippen LogP contribution in [0.25, 0.3) is 11.3 Å². The maximum absolute atomic E-state index is 4.62. The van der Waals surface area contributed by atoms with E-state index < -0.39 is 0 Å². The summed E-state index contributed by atoms with van der Waals surface area (Å²) in [6.07, 6.45) is 5.31. The molecule has 0 amide bonds. The molecule has 1 aliphatic rings. The Labute approximate surface area is 162 Å². The molecule has 0 bridgehead atoms. The Morgan fingerprint density at radius 3 is 2.85 bits per heavy atom. The molecule has 136 valence electrons. The molecule has 4 rings (SSSR count). The molecule has 1 fully saturated rings. The van der Waals surface area contributed by atoms with Crippen LogP contribution in [0.15, 0.2) is 41.2 Å². The molecule has 1 N–H and O–H groups in total. The third kappa shape index (κ3) is 4.31. The van der Waals surface area contributed by atoms with Crippen molar-refractivity contribution in [2.45, 2.75) is 32.2 Å². The number of rotatable bonds is 6. The van der Waals surface area contributed by atoms with Crippen molar-refractivity contribution in [1.82, 2.24) is 15.3 Å². The molecule has 1 aliphatic heterocycles. The lowest BCUT2D eigenvalue weighted by atomic mass is 10.0. The lowest BCUT2D eigenvalue weighted by Gasteiger charge is -2.34. The Bertz CT molecular complexity index is 820. The number of nitrogens with one attached hydrogen (secondary N) is 1. The van der Waals surface area contributed by atoms with E-state index in [0.29, 0.717) is 6.04 Å². The Balaban J connectivity index is 1.30. The molecule has 3 aromatic rings. The molecule has 0 aliphatic carbocycles. The minimum Gasteiger partial charge on any atom is -0.371 e. The normalized spacial score (nSPS) is 15.5. The number of nitrogens with zero attached hydrogens (tertiary/aromatic N) is 3. The third-order valence-electron chi connectivity index (χ3n) is 4.88. The average molecular weight is 385 g/mol. The van der Waals surface area contributed by atoms with E-state index in [1.54, 1.807) is 22.7 Å². The van der Waals surface area contributed by atoms with Crippen LogP contribution in [0.1, 0.15) is 22.9 Å². The zero-order chi connectivity index (χ0) is 17.8. The number of thiazole rings is 2. The van der Waals surface area contributed by atoms with Crippen LogP contribution in [-0.2, 0) is 6.42 Å². The van der Waals surface area contributed by atoms with Crippen molar-refractivity contribution < 1.29 is 0 Å². The zero-order valence-corrected chi connectivity index (χ0v) is 16.7. The van der Waals surface area contributed by atoms with Gasteiger partial charge in [-0.1, -0.05) is 12.1 Å². The maximum atomic E-state index is 4.62. The van der Waals surface area contributed by atoms with Gasteiger partial charge in [-0.15, -0.1) is 22.7 Å². The first kappa shape index (κ1) is 17.6. The highest BCUT2D eigenvalue weighted by Crippen LogP contribution is 2.27. The molecule has 1 aromatic carbocycles. The summed E-state index contributed by atoms with van der Waals surface area (Å²) in [5, 5.41) is 10.2. The van der Waals surface area contributed by atoms with Crippen molar-refractivity contribution in [3.63, 3.8) is 0 Å². The molecular formula is C20H24N4S2. The summed E-state index contributed by atoms with van der Waals surface area (Å²) < 4.78 is 0. The molecule has 1 saturated heterocycles. The second kappa shape index (κ2) is 8.29. The highest BCUT2D eigenvalue weighted by Gasteiger charge is 2.19. The van der Waals surface area contributed by atoms with Crippen molar-refractivity contribution in [2.75, 3.05) is 24.5 Å². The van der Waals surface area contributed by atoms with Crippen LogP contribution in [0.2, 0.25) is 0 Å². The van der Waals surface area contributed by atoms with Gasteiger partial charge in [0, 0.05) is 60.3 Å². The molecule has 4 nitrogen and oxygen atoms in total. The SMILES string of the molecule is Cc1nc(-c2cccc(N3CCC(NCCc4nccs4)CC3)c2)cs1. The molecule has 3 heterocycles. The van der Waals surface area contributed by atoms with Gasteiger partial charge >= 0.3 is 0 Å². The van der Waals surface area contributed by atoms with E-state index in [0.717, 1.165) is 36.8 Å². The van der Waals surface area contributed by atoms with Gasteiger partial charge in [0.1, 0.15) is 0 Å². The second-order valence-corrected chi connectivity index (χ2v) is 8.73. The molecule has 26 heavy (non-hydrogen) atoms. The minimum absolute atomic E-state index is 0.621. The van der Waals surface area contributed by atoms with Gasteiger partial charge in [0.05, 0.1) is 15.7 Å². The predicted octanol–water partition coefficient (Wildman–Crippen LogP) is 4.38. The summed E-state index contributed by atoms with van der Waals surface area (Å²) in [6, 6.07) is 9.43. The number of aryl methyl sites for hydroxylation is 1. The lowest BCUT2D eigenvalue weighted by molar-refractivity contribution is 0.417. The van der Waals surface area contributed by atoms with E-state index in [4.69, 9.17) is 0 Å². The quantitative estimate of drug-likeness (QED) is 0.685. The fourth-order valence-electron chi connectivity index (χ4n) is 3.46. The van der Waals surface area contributed by atoms with Crippen molar-refractivity contribution in [3.05, 3.63) is 51.2 Å². The van der Waals surface area contributed by atoms with Gasteiger partial charge in [-0.25, -0.2) is 9.97 Å². The van der Waals surface area contributed by atoms with Crippen LogP contribution in [0.4, 0.5) is 5.69 Å². The van der Waals surface area contributed by atoms with E-state index in [1.807, 2.05) is 6.20 Å². The first-order valence-corrected chi connectivity index (χ1v) is 10.9. The van der Waals surface area contributed by atoms with E-state index in [-0.39, 0.29) is 0 Å². The molecule has 2 aromatic heterocycles. The van der Waals surface area contributed by atoms with Gasteiger partial charge < -0.3 is 10.2 Å². The topological polar surface area (TPSA) is 41.1 Å². The highest BCUT2D eigenvalue weighted by atomic mass is 32.1. The number of benzene rings is 1. The molecule has 0 spiro atoms. The van der Waals surface area contributed by atoms with Crippen LogP contribution in [0.3, 0.4) is 0 Å². The Morgan fingerprint density at radius 1 is 1.23 bits per heavy atom. The van der Waals surface area contributed by atoms with Crippen LogP contribution in [-0.4, -0.2) is 35.6 Å². The molecular weight excluding hydrogens is 360 g/mol. The van der Waals surface area contributed by atoms with E-state index in [2.05, 4.69) is 62.1 Å². The fraction of sp³-hybridized carbons (Fsp3) is 0.400. The van der Waals surface area contributed by atoms with Crippen molar-refractivity contribution in [3.8, 4) is 11.3 Å². The summed E-state index contributed by atoms with van der Waals surface area (Å²) in [7, 11) is 0. The first-order chi connectivity index (χ1) is 12.8. The second-order valence-electron chi connectivity index (χ2n) is 6.69. The lowest BCUT2D eigenvalue weighted by Crippen LogP contribution is -2.43. The standard InChI is InChI=1S/C20H24N4S2/c1-15-23-19(14-26-15)16-3-2-4-18(13-16)24-10-6-17(7-11-24)21-8-5-20-22-9-12-25-20/h2-4,9,12-14,17,21H,5-8,10-11H2,1H3. The van der Waals surface area contributed by atoms with Crippen LogP contribution in [0.5, 0.6) is 0 Å². The number of hydrogen-bond donors (Lipinski definition) is 1. The summed E-state index contributed by atoms with van der Waals surface area (Å²) >= 11 is 3.46. The summed E-state index contributed by atoms with van der Waals surface area (Å²) in [5.41, 5.74) is 3.62. The van der Waals surface area contributed by atoms with E-state index in [1.165, 1.54) is 29.1 Å². The molecule has 0 unspecified atom stereocenters. The van der Waals surface area contributed by atoms with Gasteiger partial charge in [0.15, 0.2) is 0 Å². The average Bonchev–Trinajstić information content (AvgIpc) is 3.34. The number of anilines is 1. The Hall–Kier alpha value is -1.76. The van der Waals surface area contributed by atoms with Crippen molar-refractivity contribution in [2.24, 2.45) is 0 Å². The first-order valence-electron chi connectivity index (χ1n) is 9.17.